The van der Waals surface area contributed by atoms with Gasteiger partial charge in [0.2, 0.25) is 0 Å². The SMILES string of the molecule is I.c1ccc(N2CCOCC2)c(CNC2=NCCCN2)c1. The predicted molar refractivity (Wildman–Crippen MR) is 96.7 cm³/mol. The molecular weight excluding hydrogens is 379 g/mol. The molecule has 0 radical (unpaired) electrons. The van der Waals surface area contributed by atoms with Gasteiger partial charge in [-0.2, -0.15) is 0 Å². The number of ether oxygens (including phenoxy) is 1. The number of guanidine groups is 1. The zero-order chi connectivity index (χ0) is 13.6. The third-order valence-corrected chi connectivity index (χ3v) is 3.69. The minimum atomic E-state index is 0. The van der Waals surface area contributed by atoms with Crippen LogP contribution in [-0.2, 0) is 11.3 Å². The molecule has 2 aliphatic rings. The van der Waals surface area contributed by atoms with Crippen molar-refractivity contribution in [2.75, 3.05) is 44.3 Å². The van der Waals surface area contributed by atoms with Crippen LogP contribution in [-0.4, -0.2) is 45.4 Å². The zero-order valence-corrected chi connectivity index (χ0v) is 14.5. The Balaban J connectivity index is 0.00000161. The van der Waals surface area contributed by atoms with Crippen molar-refractivity contribution >= 4 is 35.6 Å². The van der Waals surface area contributed by atoms with E-state index in [2.05, 4.69) is 44.8 Å². The van der Waals surface area contributed by atoms with Crippen molar-refractivity contribution in [1.82, 2.24) is 10.6 Å². The van der Waals surface area contributed by atoms with Crippen LogP contribution < -0.4 is 15.5 Å². The van der Waals surface area contributed by atoms with Gasteiger partial charge >= 0.3 is 0 Å². The molecule has 0 amide bonds. The smallest absolute Gasteiger partial charge is 0.191 e. The van der Waals surface area contributed by atoms with Gasteiger partial charge in [0.1, 0.15) is 0 Å². The molecule has 3 rings (SSSR count). The molecule has 0 bridgehead atoms. The number of hydrogen-bond acceptors (Lipinski definition) is 5. The highest BCUT2D eigenvalue weighted by atomic mass is 127. The molecule has 5 nitrogen and oxygen atoms in total. The first-order valence-corrected chi connectivity index (χ1v) is 7.36. The molecule has 2 N–H and O–H groups in total. The average molecular weight is 402 g/mol. The number of aliphatic imine (C=N–C) groups is 1. The van der Waals surface area contributed by atoms with E-state index in [0.29, 0.717) is 0 Å². The van der Waals surface area contributed by atoms with Crippen molar-refractivity contribution < 1.29 is 4.74 Å². The number of nitrogens with zero attached hydrogens (tertiary/aromatic N) is 2. The van der Waals surface area contributed by atoms with Crippen LogP contribution in [0.4, 0.5) is 5.69 Å². The van der Waals surface area contributed by atoms with Gasteiger partial charge in [0, 0.05) is 38.4 Å². The number of halogens is 1. The van der Waals surface area contributed by atoms with E-state index in [1.165, 1.54) is 11.3 Å². The van der Waals surface area contributed by atoms with E-state index in [1.807, 2.05) is 0 Å². The first-order chi connectivity index (χ1) is 9.93. The number of para-hydroxylation sites is 1. The van der Waals surface area contributed by atoms with Crippen molar-refractivity contribution in [3.8, 4) is 0 Å². The van der Waals surface area contributed by atoms with E-state index in [9.17, 15) is 0 Å². The highest BCUT2D eigenvalue weighted by Crippen LogP contribution is 2.21. The Hall–Kier alpha value is -1.02. The summed E-state index contributed by atoms with van der Waals surface area (Å²) in [6, 6.07) is 8.57. The minimum Gasteiger partial charge on any atom is -0.378 e. The van der Waals surface area contributed by atoms with Gasteiger partial charge in [-0.15, -0.1) is 24.0 Å². The molecule has 2 heterocycles. The summed E-state index contributed by atoms with van der Waals surface area (Å²) in [6.07, 6.45) is 1.12. The predicted octanol–water partition coefficient (Wildman–Crippen LogP) is 1.58. The molecule has 1 fully saturated rings. The first-order valence-electron chi connectivity index (χ1n) is 7.36. The summed E-state index contributed by atoms with van der Waals surface area (Å²) in [7, 11) is 0. The van der Waals surface area contributed by atoms with E-state index in [4.69, 9.17) is 4.74 Å². The average Bonchev–Trinajstić information content (AvgIpc) is 2.55. The Morgan fingerprint density at radius 3 is 2.81 bits per heavy atom. The Morgan fingerprint density at radius 1 is 1.24 bits per heavy atom. The Morgan fingerprint density at radius 2 is 2.05 bits per heavy atom. The van der Waals surface area contributed by atoms with Gasteiger partial charge in [0.25, 0.3) is 0 Å². The second-order valence-corrected chi connectivity index (χ2v) is 5.09. The van der Waals surface area contributed by atoms with Gasteiger partial charge in [0.05, 0.1) is 13.2 Å². The molecule has 21 heavy (non-hydrogen) atoms. The quantitative estimate of drug-likeness (QED) is 0.754. The molecule has 0 aliphatic carbocycles. The second kappa shape index (κ2) is 8.43. The maximum atomic E-state index is 5.43. The molecule has 1 aromatic rings. The van der Waals surface area contributed by atoms with Crippen LogP contribution in [0.5, 0.6) is 0 Å². The van der Waals surface area contributed by atoms with E-state index in [-0.39, 0.29) is 24.0 Å². The largest absolute Gasteiger partial charge is 0.378 e. The summed E-state index contributed by atoms with van der Waals surface area (Å²) in [5, 5.41) is 6.69. The lowest BCUT2D eigenvalue weighted by atomic mass is 10.1. The summed E-state index contributed by atoms with van der Waals surface area (Å²) in [5.74, 6) is 0.924. The fourth-order valence-corrected chi connectivity index (χ4v) is 2.60. The van der Waals surface area contributed by atoms with Crippen molar-refractivity contribution in [1.29, 1.82) is 0 Å². The topological polar surface area (TPSA) is 48.9 Å². The van der Waals surface area contributed by atoms with Crippen molar-refractivity contribution in [2.24, 2.45) is 4.99 Å². The van der Waals surface area contributed by atoms with Crippen LogP contribution >= 0.6 is 24.0 Å². The van der Waals surface area contributed by atoms with Gasteiger partial charge in [0.15, 0.2) is 5.96 Å². The standard InChI is InChI=1S/C15H22N4O.HI/c1-2-5-14(19-8-10-20-11-9-19)13(4-1)12-18-15-16-6-3-7-17-15;/h1-2,4-5H,3,6-12H2,(H2,16,17,18);1H. The molecular formula is C15H23IN4O. The minimum absolute atomic E-state index is 0. The van der Waals surface area contributed by atoms with E-state index >= 15 is 0 Å². The van der Waals surface area contributed by atoms with Gasteiger partial charge in [-0.05, 0) is 18.1 Å². The molecule has 0 atom stereocenters. The molecule has 0 spiro atoms. The van der Waals surface area contributed by atoms with Gasteiger partial charge in [-0.1, -0.05) is 18.2 Å². The van der Waals surface area contributed by atoms with E-state index in [0.717, 1.165) is 58.3 Å². The number of morpholine rings is 1. The highest BCUT2D eigenvalue weighted by Gasteiger charge is 2.14. The zero-order valence-electron chi connectivity index (χ0n) is 12.2. The van der Waals surface area contributed by atoms with Crippen molar-refractivity contribution in [2.45, 2.75) is 13.0 Å². The van der Waals surface area contributed by atoms with E-state index < -0.39 is 0 Å². The second-order valence-electron chi connectivity index (χ2n) is 5.09. The lowest BCUT2D eigenvalue weighted by Gasteiger charge is -2.30. The Kier molecular flexibility index (Phi) is 6.56. The summed E-state index contributed by atoms with van der Waals surface area (Å²) in [5.41, 5.74) is 2.61. The number of rotatable bonds is 3. The first kappa shape index (κ1) is 16.4. The van der Waals surface area contributed by atoms with Gasteiger partial charge in [-0.3, -0.25) is 4.99 Å². The molecule has 6 heteroatoms. The molecule has 1 aromatic carbocycles. The van der Waals surface area contributed by atoms with Crippen molar-refractivity contribution in [3.63, 3.8) is 0 Å². The molecule has 0 aromatic heterocycles. The fourth-order valence-electron chi connectivity index (χ4n) is 2.60. The lowest BCUT2D eigenvalue weighted by molar-refractivity contribution is 0.122. The monoisotopic (exact) mass is 402 g/mol. The molecule has 0 unspecified atom stereocenters. The number of benzene rings is 1. The van der Waals surface area contributed by atoms with Crippen LogP contribution in [0.15, 0.2) is 29.3 Å². The van der Waals surface area contributed by atoms with Gasteiger partial charge < -0.3 is 20.3 Å². The third-order valence-electron chi connectivity index (χ3n) is 3.69. The molecule has 1 saturated heterocycles. The highest BCUT2D eigenvalue weighted by molar-refractivity contribution is 14.0. The van der Waals surface area contributed by atoms with E-state index in [1.54, 1.807) is 0 Å². The maximum Gasteiger partial charge on any atom is 0.191 e. The fraction of sp³-hybridized carbons (Fsp3) is 0.533. The normalized spacial score (nSPS) is 18.3. The van der Waals surface area contributed by atoms with Crippen LogP contribution in [0.3, 0.4) is 0 Å². The lowest BCUT2D eigenvalue weighted by Crippen LogP contribution is -2.41. The number of hydrogen-bond donors (Lipinski definition) is 2. The van der Waals surface area contributed by atoms with Crippen LogP contribution in [0.25, 0.3) is 0 Å². The Bertz CT molecular complexity index is 474. The number of anilines is 1. The summed E-state index contributed by atoms with van der Waals surface area (Å²) < 4.78 is 5.43. The number of nitrogens with one attached hydrogen (secondary N) is 2. The maximum absolute atomic E-state index is 5.43. The Labute approximate surface area is 143 Å². The van der Waals surface area contributed by atoms with Crippen LogP contribution in [0.2, 0.25) is 0 Å². The molecule has 0 saturated carbocycles. The molecule has 2 aliphatic heterocycles. The summed E-state index contributed by atoms with van der Waals surface area (Å²) >= 11 is 0. The van der Waals surface area contributed by atoms with Crippen molar-refractivity contribution in [3.05, 3.63) is 29.8 Å². The van der Waals surface area contributed by atoms with Gasteiger partial charge in [-0.25, -0.2) is 0 Å². The van der Waals surface area contributed by atoms with Crippen LogP contribution in [0, 0.1) is 0 Å². The molecule has 116 valence electrons. The third kappa shape index (κ3) is 4.47. The van der Waals surface area contributed by atoms with Crippen LogP contribution in [0.1, 0.15) is 12.0 Å². The summed E-state index contributed by atoms with van der Waals surface area (Å²) in [6.45, 7) is 6.30. The summed E-state index contributed by atoms with van der Waals surface area (Å²) in [4.78, 5) is 6.85.